The van der Waals surface area contributed by atoms with E-state index in [0.717, 1.165) is 5.56 Å². The van der Waals surface area contributed by atoms with Gasteiger partial charge in [-0.15, -0.1) is 0 Å². The Bertz CT molecular complexity index is 902. The summed E-state index contributed by atoms with van der Waals surface area (Å²) >= 11 is 0. The third-order valence-corrected chi connectivity index (χ3v) is 4.34. The van der Waals surface area contributed by atoms with Gasteiger partial charge >= 0.3 is 5.97 Å². The van der Waals surface area contributed by atoms with E-state index in [4.69, 9.17) is 0 Å². The van der Waals surface area contributed by atoms with E-state index in [9.17, 15) is 24.8 Å². The smallest absolute Gasteiger partial charge is 0.356 e. The minimum Gasteiger partial charge on any atom is -0.476 e. The number of aromatic nitrogens is 2. The highest BCUT2D eigenvalue weighted by Gasteiger charge is 2.30. The number of fused-ring (bicyclic) bond motifs is 1. The Morgan fingerprint density at radius 3 is 2.68 bits per heavy atom. The van der Waals surface area contributed by atoms with E-state index in [2.05, 4.69) is 5.10 Å². The number of carbonyl (C=O) groups excluding carboxylic acids is 1. The van der Waals surface area contributed by atoms with Crippen molar-refractivity contribution >= 4 is 17.6 Å². The van der Waals surface area contributed by atoms with Gasteiger partial charge in [0.1, 0.15) is 0 Å². The van der Waals surface area contributed by atoms with Crippen molar-refractivity contribution in [3.05, 3.63) is 50.8 Å². The molecule has 0 atom stereocenters. The molecule has 0 fully saturated rings. The zero-order chi connectivity index (χ0) is 18.3. The number of nitrogens with zero attached hydrogens (tertiary/aromatic N) is 4. The predicted octanol–water partition coefficient (Wildman–Crippen LogP) is 1.69. The fraction of sp³-hybridized carbons (Fsp3) is 0.312. The number of carboxylic acid groups (broad SMARTS) is 1. The number of benzene rings is 1. The number of nitro groups is 1. The lowest BCUT2D eigenvalue weighted by atomic mass is 10.0. The molecule has 9 heteroatoms. The predicted molar refractivity (Wildman–Crippen MR) is 86.7 cm³/mol. The standard InChI is InChI=1S/C16H16N4O5/c1-9-3-4-11(20(24)25)7-14(9)19-13-5-6-18(10(2)21)8-12(13)15(17-19)16(22)23/h3-4,7H,5-6,8H2,1-2H3,(H,22,23). The third kappa shape index (κ3) is 2.84. The zero-order valence-corrected chi connectivity index (χ0v) is 13.7. The van der Waals surface area contributed by atoms with Crippen LogP contribution in [-0.2, 0) is 17.8 Å². The van der Waals surface area contributed by atoms with E-state index < -0.39 is 10.9 Å². The quantitative estimate of drug-likeness (QED) is 0.668. The van der Waals surface area contributed by atoms with Crippen molar-refractivity contribution < 1.29 is 19.6 Å². The minimum atomic E-state index is -1.19. The minimum absolute atomic E-state index is 0.0945. The molecule has 0 unspecified atom stereocenters. The van der Waals surface area contributed by atoms with Gasteiger partial charge in [-0.1, -0.05) is 6.07 Å². The fourth-order valence-corrected chi connectivity index (χ4v) is 3.00. The Balaban J connectivity index is 2.18. The molecule has 1 amide bonds. The maximum Gasteiger partial charge on any atom is 0.356 e. The number of hydrogen-bond donors (Lipinski definition) is 1. The number of aryl methyl sites for hydroxylation is 1. The molecular weight excluding hydrogens is 328 g/mol. The van der Waals surface area contributed by atoms with Gasteiger partial charge in [-0.25, -0.2) is 9.48 Å². The monoisotopic (exact) mass is 344 g/mol. The SMILES string of the molecule is CC(=O)N1CCc2c(c(C(=O)O)nn2-c2cc([N+](=O)[O-])ccc2C)C1. The van der Waals surface area contributed by atoms with Crippen molar-refractivity contribution in [2.75, 3.05) is 6.54 Å². The van der Waals surface area contributed by atoms with Crippen molar-refractivity contribution in [1.29, 1.82) is 0 Å². The Morgan fingerprint density at radius 2 is 2.08 bits per heavy atom. The number of nitro benzene ring substituents is 1. The molecule has 0 spiro atoms. The van der Waals surface area contributed by atoms with Crippen LogP contribution in [0.25, 0.3) is 5.69 Å². The largest absolute Gasteiger partial charge is 0.476 e. The Labute approximate surface area is 142 Å². The second kappa shape index (κ2) is 6.00. The van der Waals surface area contributed by atoms with Gasteiger partial charge in [-0.05, 0) is 12.5 Å². The Hall–Kier alpha value is -3.23. The molecule has 0 saturated carbocycles. The van der Waals surface area contributed by atoms with Gasteiger partial charge < -0.3 is 10.0 Å². The first kappa shape index (κ1) is 16.6. The molecule has 0 aliphatic carbocycles. The molecule has 2 aromatic rings. The zero-order valence-electron chi connectivity index (χ0n) is 13.7. The van der Waals surface area contributed by atoms with Gasteiger partial charge in [0.2, 0.25) is 5.91 Å². The van der Waals surface area contributed by atoms with E-state index in [1.807, 2.05) is 0 Å². The van der Waals surface area contributed by atoms with E-state index >= 15 is 0 Å². The maximum absolute atomic E-state index is 11.6. The van der Waals surface area contributed by atoms with Crippen LogP contribution in [0.15, 0.2) is 18.2 Å². The summed E-state index contributed by atoms with van der Waals surface area (Å²) in [4.78, 5) is 35.3. The van der Waals surface area contributed by atoms with Gasteiger partial charge in [-0.3, -0.25) is 14.9 Å². The summed E-state index contributed by atoms with van der Waals surface area (Å²) in [5.41, 5.74) is 2.11. The van der Waals surface area contributed by atoms with Crippen LogP contribution in [0.1, 0.15) is 34.2 Å². The van der Waals surface area contributed by atoms with E-state index in [1.165, 1.54) is 23.7 Å². The van der Waals surface area contributed by atoms with E-state index in [1.54, 1.807) is 17.9 Å². The maximum atomic E-state index is 11.6. The number of rotatable bonds is 3. The molecule has 0 bridgehead atoms. The summed E-state index contributed by atoms with van der Waals surface area (Å²) in [6.45, 7) is 3.82. The molecule has 2 heterocycles. The van der Waals surface area contributed by atoms with Crippen LogP contribution >= 0.6 is 0 Å². The number of non-ortho nitro benzene ring substituents is 1. The molecular formula is C16H16N4O5. The average molecular weight is 344 g/mol. The molecule has 1 aliphatic rings. The lowest BCUT2D eigenvalue weighted by Crippen LogP contribution is -2.35. The summed E-state index contributed by atoms with van der Waals surface area (Å²) in [7, 11) is 0. The second-order valence-corrected chi connectivity index (χ2v) is 5.91. The number of carbonyl (C=O) groups is 2. The van der Waals surface area contributed by atoms with Gasteiger partial charge in [0.25, 0.3) is 5.69 Å². The normalized spacial score (nSPS) is 13.4. The first-order valence-electron chi connectivity index (χ1n) is 7.64. The highest BCUT2D eigenvalue weighted by molar-refractivity contribution is 5.88. The van der Waals surface area contributed by atoms with Crippen LogP contribution in [-0.4, -0.2) is 43.1 Å². The number of aromatic carboxylic acids is 1. The van der Waals surface area contributed by atoms with Crippen LogP contribution in [0.4, 0.5) is 5.69 Å². The Kier molecular flexibility index (Phi) is 3.99. The first-order chi connectivity index (χ1) is 11.8. The highest BCUT2D eigenvalue weighted by atomic mass is 16.6. The van der Waals surface area contributed by atoms with Crippen molar-refractivity contribution in [1.82, 2.24) is 14.7 Å². The summed E-state index contributed by atoms with van der Waals surface area (Å²) in [5, 5.41) is 24.7. The number of carboxylic acids is 1. The topological polar surface area (TPSA) is 119 Å². The lowest BCUT2D eigenvalue weighted by Gasteiger charge is -2.26. The molecule has 1 N–H and O–H groups in total. The molecule has 1 aromatic heterocycles. The van der Waals surface area contributed by atoms with Gasteiger partial charge in [0.15, 0.2) is 5.69 Å². The molecule has 3 rings (SSSR count). The number of hydrogen-bond acceptors (Lipinski definition) is 5. The molecule has 25 heavy (non-hydrogen) atoms. The van der Waals surface area contributed by atoms with Gasteiger partial charge in [0.05, 0.1) is 16.3 Å². The average Bonchev–Trinajstić information content (AvgIpc) is 2.93. The number of amides is 1. The van der Waals surface area contributed by atoms with Crippen LogP contribution < -0.4 is 0 Å². The summed E-state index contributed by atoms with van der Waals surface area (Å²) < 4.78 is 1.46. The van der Waals surface area contributed by atoms with Crippen LogP contribution in [0, 0.1) is 17.0 Å². The molecule has 9 nitrogen and oxygen atoms in total. The lowest BCUT2D eigenvalue weighted by molar-refractivity contribution is -0.384. The molecule has 0 saturated heterocycles. The first-order valence-corrected chi connectivity index (χ1v) is 7.64. The summed E-state index contributed by atoms with van der Waals surface area (Å²) in [6, 6.07) is 4.38. The van der Waals surface area contributed by atoms with Gasteiger partial charge in [0, 0.05) is 44.1 Å². The summed E-state index contributed by atoms with van der Waals surface area (Å²) in [5.74, 6) is -1.33. The van der Waals surface area contributed by atoms with Crippen molar-refractivity contribution in [2.24, 2.45) is 0 Å². The van der Waals surface area contributed by atoms with Crippen LogP contribution in [0.2, 0.25) is 0 Å². The molecule has 1 aliphatic heterocycles. The van der Waals surface area contributed by atoms with Crippen molar-refractivity contribution in [3.8, 4) is 5.69 Å². The third-order valence-electron chi connectivity index (χ3n) is 4.34. The van der Waals surface area contributed by atoms with E-state index in [-0.39, 0.29) is 23.8 Å². The van der Waals surface area contributed by atoms with E-state index in [0.29, 0.717) is 29.9 Å². The Morgan fingerprint density at radius 1 is 1.36 bits per heavy atom. The molecule has 0 radical (unpaired) electrons. The van der Waals surface area contributed by atoms with Crippen molar-refractivity contribution in [2.45, 2.75) is 26.8 Å². The highest BCUT2D eigenvalue weighted by Crippen LogP contribution is 2.28. The summed E-state index contributed by atoms with van der Waals surface area (Å²) in [6.07, 6.45) is 0.428. The van der Waals surface area contributed by atoms with Gasteiger partial charge in [-0.2, -0.15) is 5.10 Å². The fourth-order valence-electron chi connectivity index (χ4n) is 3.00. The van der Waals surface area contributed by atoms with Crippen LogP contribution in [0.3, 0.4) is 0 Å². The molecule has 1 aromatic carbocycles. The van der Waals surface area contributed by atoms with Crippen molar-refractivity contribution in [3.63, 3.8) is 0 Å². The second-order valence-electron chi connectivity index (χ2n) is 5.91. The molecule has 130 valence electrons. The van der Waals surface area contributed by atoms with Crippen LogP contribution in [0.5, 0.6) is 0 Å².